The lowest BCUT2D eigenvalue weighted by atomic mass is 9.71. The standard InChI is InChI=1S/C31H29FN2O4/c1-18-28(31(36)34-22-11-9-21(32)10-12-22)29(24-14-13-23(37-2)17-27(24)38-3)30-25(33-18)15-20(16-26(30)35)19-7-5-4-6-8-19/h4-14,17,20,29,33H,15-16H2,1-3H3,(H,34,36)/t20-,29+/m1/s1. The number of benzene rings is 3. The van der Waals surface area contributed by atoms with Gasteiger partial charge in [-0.15, -0.1) is 0 Å². The quantitative estimate of drug-likeness (QED) is 0.434. The second kappa shape index (κ2) is 10.5. The minimum atomic E-state index is -0.656. The summed E-state index contributed by atoms with van der Waals surface area (Å²) < 4.78 is 24.5. The Kier molecular flexibility index (Phi) is 7.01. The topological polar surface area (TPSA) is 76.7 Å². The second-order valence-corrected chi connectivity index (χ2v) is 9.50. The van der Waals surface area contributed by atoms with Crippen molar-refractivity contribution in [1.82, 2.24) is 5.32 Å². The molecule has 3 aromatic rings. The maximum Gasteiger partial charge on any atom is 0.254 e. The minimum Gasteiger partial charge on any atom is -0.497 e. The summed E-state index contributed by atoms with van der Waals surface area (Å²) in [6, 6.07) is 21.0. The number of amides is 1. The fourth-order valence-electron chi connectivity index (χ4n) is 5.40. The van der Waals surface area contributed by atoms with Crippen molar-refractivity contribution >= 4 is 17.4 Å². The van der Waals surface area contributed by atoms with Crippen molar-refractivity contribution in [1.29, 1.82) is 0 Å². The Labute approximate surface area is 221 Å². The number of carbonyl (C=O) groups is 2. The number of Topliss-reactive ketones (excluding diaryl/α,β-unsaturated/α-hetero) is 1. The van der Waals surface area contributed by atoms with Crippen molar-refractivity contribution in [2.24, 2.45) is 0 Å². The zero-order chi connectivity index (χ0) is 26.8. The number of methoxy groups -OCH3 is 2. The third-order valence-electron chi connectivity index (χ3n) is 7.20. The summed E-state index contributed by atoms with van der Waals surface area (Å²) in [7, 11) is 3.12. The number of ether oxygens (including phenoxy) is 2. The number of rotatable bonds is 6. The molecule has 2 atom stereocenters. The lowest BCUT2D eigenvalue weighted by Gasteiger charge is -2.37. The van der Waals surface area contributed by atoms with Crippen LogP contribution in [0.2, 0.25) is 0 Å². The van der Waals surface area contributed by atoms with Gasteiger partial charge in [-0.1, -0.05) is 36.4 Å². The van der Waals surface area contributed by atoms with E-state index in [1.165, 1.54) is 24.3 Å². The first-order valence-electron chi connectivity index (χ1n) is 12.5. The lowest BCUT2D eigenvalue weighted by Crippen LogP contribution is -2.37. The van der Waals surface area contributed by atoms with Gasteiger partial charge in [-0.05, 0) is 55.2 Å². The van der Waals surface area contributed by atoms with Crippen LogP contribution in [-0.2, 0) is 9.59 Å². The highest BCUT2D eigenvalue weighted by Gasteiger charge is 2.42. The predicted octanol–water partition coefficient (Wildman–Crippen LogP) is 5.84. The van der Waals surface area contributed by atoms with E-state index in [-0.39, 0.29) is 17.6 Å². The highest BCUT2D eigenvalue weighted by Crippen LogP contribution is 2.48. The fraction of sp³-hybridized carbons (Fsp3) is 0.226. The first kappa shape index (κ1) is 25.3. The monoisotopic (exact) mass is 512 g/mol. The molecule has 0 unspecified atom stereocenters. The molecule has 38 heavy (non-hydrogen) atoms. The van der Waals surface area contributed by atoms with Gasteiger partial charge in [0.25, 0.3) is 5.91 Å². The Morgan fingerprint density at radius 2 is 1.71 bits per heavy atom. The molecule has 1 aliphatic carbocycles. The van der Waals surface area contributed by atoms with Gasteiger partial charge in [0.05, 0.1) is 20.1 Å². The van der Waals surface area contributed by atoms with E-state index < -0.39 is 11.7 Å². The van der Waals surface area contributed by atoms with Gasteiger partial charge in [0.2, 0.25) is 0 Å². The first-order chi connectivity index (χ1) is 18.4. The van der Waals surface area contributed by atoms with E-state index in [4.69, 9.17) is 9.47 Å². The van der Waals surface area contributed by atoms with Gasteiger partial charge in [0, 0.05) is 46.3 Å². The zero-order valence-electron chi connectivity index (χ0n) is 21.5. The SMILES string of the molecule is COc1ccc([C@H]2C(C(=O)Nc3ccc(F)cc3)=C(C)NC3=C2C(=O)C[C@H](c2ccccc2)C3)c(OC)c1. The molecule has 0 saturated heterocycles. The molecule has 0 fully saturated rings. The summed E-state index contributed by atoms with van der Waals surface area (Å²) in [6.45, 7) is 1.84. The Morgan fingerprint density at radius 1 is 0.974 bits per heavy atom. The number of nitrogens with one attached hydrogen (secondary N) is 2. The minimum absolute atomic E-state index is 0.0185. The molecule has 0 spiro atoms. The molecule has 2 aliphatic rings. The average molecular weight is 513 g/mol. The average Bonchev–Trinajstić information content (AvgIpc) is 2.93. The molecule has 1 aliphatic heterocycles. The van der Waals surface area contributed by atoms with Crippen molar-refractivity contribution in [3.05, 3.63) is 112 Å². The van der Waals surface area contributed by atoms with E-state index in [1.54, 1.807) is 26.4 Å². The molecule has 3 aromatic carbocycles. The lowest BCUT2D eigenvalue weighted by molar-refractivity contribution is -0.116. The van der Waals surface area contributed by atoms with Crippen molar-refractivity contribution < 1.29 is 23.5 Å². The van der Waals surface area contributed by atoms with E-state index >= 15 is 0 Å². The summed E-state index contributed by atoms with van der Waals surface area (Å²) in [5.74, 6) is -0.294. The van der Waals surface area contributed by atoms with Crippen LogP contribution in [0, 0.1) is 5.82 Å². The first-order valence-corrected chi connectivity index (χ1v) is 12.5. The molecule has 2 N–H and O–H groups in total. The number of carbonyl (C=O) groups excluding carboxylic acids is 2. The molecule has 0 saturated carbocycles. The second-order valence-electron chi connectivity index (χ2n) is 9.50. The van der Waals surface area contributed by atoms with Crippen molar-refractivity contribution in [2.45, 2.75) is 31.6 Å². The van der Waals surface area contributed by atoms with Crippen molar-refractivity contribution in [3.63, 3.8) is 0 Å². The number of allylic oxidation sites excluding steroid dienone is 3. The summed E-state index contributed by atoms with van der Waals surface area (Å²) in [5, 5.41) is 6.26. The zero-order valence-corrected chi connectivity index (χ0v) is 21.5. The smallest absolute Gasteiger partial charge is 0.254 e. The summed E-state index contributed by atoms with van der Waals surface area (Å²) in [4.78, 5) is 27.6. The van der Waals surface area contributed by atoms with Crippen molar-refractivity contribution in [2.75, 3.05) is 19.5 Å². The maximum atomic E-state index is 13.8. The van der Waals surface area contributed by atoms with Gasteiger partial charge in [0.15, 0.2) is 5.78 Å². The van der Waals surface area contributed by atoms with Gasteiger partial charge in [0.1, 0.15) is 17.3 Å². The van der Waals surface area contributed by atoms with Gasteiger partial charge < -0.3 is 20.1 Å². The Bertz CT molecular complexity index is 1440. The highest BCUT2D eigenvalue weighted by molar-refractivity contribution is 6.10. The molecule has 5 rings (SSSR count). The molecule has 1 heterocycles. The summed E-state index contributed by atoms with van der Waals surface area (Å²) in [6.07, 6.45) is 0.982. The van der Waals surface area contributed by atoms with E-state index in [0.29, 0.717) is 52.4 Å². The molecular formula is C31H29FN2O4. The Hall–Kier alpha value is -4.39. The molecule has 7 heteroatoms. The summed E-state index contributed by atoms with van der Waals surface area (Å²) in [5.41, 5.74) is 4.68. The largest absolute Gasteiger partial charge is 0.497 e. The highest BCUT2D eigenvalue weighted by atomic mass is 19.1. The van der Waals surface area contributed by atoms with E-state index in [0.717, 1.165) is 11.3 Å². The third kappa shape index (κ3) is 4.79. The number of ketones is 1. The Balaban J connectivity index is 1.61. The molecule has 0 bridgehead atoms. The van der Waals surface area contributed by atoms with Crippen LogP contribution in [0.25, 0.3) is 0 Å². The Morgan fingerprint density at radius 3 is 2.39 bits per heavy atom. The van der Waals surface area contributed by atoms with E-state index in [1.807, 2.05) is 43.3 Å². The van der Waals surface area contributed by atoms with Crippen LogP contribution in [0.1, 0.15) is 42.7 Å². The van der Waals surface area contributed by atoms with Crippen LogP contribution in [0.5, 0.6) is 11.5 Å². The molecule has 1 amide bonds. The molecule has 194 valence electrons. The predicted molar refractivity (Wildman–Crippen MR) is 144 cm³/mol. The van der Waals surface area contributed by atoms with Gasteiger partial charge in [-0.2, -0.15) is 0 Å². The summed E-state index contributed by atoms with van der Waals surface area (Å²) >= 11 is 0. The fourth-order valence-corrected chi connectivity index (χ4v) is 5.40. The van der Waals surface area contributed by atoms with Crippen molar-refractivity contribution in [3.8, 4) is 11.5 Å². The van der Waals surface area contributed by atoms with Crippen LogP contribution >= 0.6 is 0 Å². The van der Waals surface area contributed by atoms with Crippen LogP contribution in [0.4, 0.5) is 10.1 Å². The van der Waals surface area contributed by atoms with Gasteiger partial charge in [-0.25, -0.2) is 4.39 Å². The number of anilines is 1. The normalized spacial score (nSPS) is 19.0. The number of dihydropyridines is 1. The van der Waals surface area contributed by atoms with Gasteiger partial charge >= 0.3 is 0 Å². The number of halogens is 1. The number of hydrogen-bond donors (Lipinski definition) is 2. The van der Waals surface area contributed by atoms with Crippen LogP contribution in [0.15, 0.2) is 95.3 Å². The van der Waals surface area contributed by atoms with Gasteiger partial charge in [-0.3, -0.25) is 9.59 Å². The van der Waals surface area contributed by atoms with Crippen LogP contribution in [-0.4, -0.2) is 25.9 Å². The van der Waals surface area contributed by atoms with E-state index in [2.05, 4.69) is 10.6 Å². The molecular weight excluding hydrogens is 483 g/mol. The third-order valence-corrected chi connectivity index (χ3v) is 7.20. The molecule has 6 nitrogen and oxygen atoms in total. The van der Waals surface area contributed by atoms with E-state index in [9.17, 15) is 14.0 Å². The van der Waals surface area contributed by atoms with Crippen LogP contribution < -0.4 is 20.1 Å². The molecule has 0 aromatic heterocycles. The maximum absolute atomic E-state index is 13.8. The molecule has 0 radical (unpaired) electrons. The number of hydrogen-bond acceptors (Lipinski definition) is 5. The van der Waals surface area contributed by atoms with Crippen LogP contribution in [0.3, 0.4) is 0 Å².